The van der Waals surface area contributed by atoms with Crippen LogP contribution in [0, 0.1) is 11.8 Å². The van der Waals surface area contributed by atoms with E-state index in [2.05, 4.69) is 21.2 Å². The van der Waals surface area contributed by atoms with Crippen LogP contribution in [0.3, 0.4) is 0 Å². The van der Waals surface area contributed by atoms with Gasteiger partial charge in [-0.3, -0.25) is 9.59 Å². The lowest BCUT2D eigenvalue weighted by molar-refractivity contribution is -0.137. The molecule has 2 unspecified atom stereocenters. The first kappa shape index (κ1) is 17.8. The molecular formula is C17H28BrNO3. The average Bonchev–Trinajstić information content (AvgIpc) is 2.48. The first-order valence-electron chi connectivity index (χ1n) is 8.71. The highest BCUT2D eigenvalue weighted by atomic mass is 79.9. The Balaban J connectivity index is 1.64. The van der Waals surface area contributed by atoms with Gasteiger partial charge in [0, 0.05) is 23.2 Å². The molecule has 0 aromatic rings. The Labute approximate surface area is 141 Å². The third kappa shape index (κ3) is 5.90. The van der Waals surface area contributed by atoms with Crippen LogP contribution in [0.1, 0.15) is 70.6 Å². The molecule has 0 heterocycles. The molecule has 2 atom stereocenters. The molecule has 0 radical (unpaired) electrons. The Morgan fingerprint density at radius 3 is 2.45 bits per heavy atom. The first-order chi connectivity index (χ1) is 10.5. The predicted octanol–water partition coefficient (Wildman–Crippen LogP) is 3.87. The zero-order valence-electron chi connectivity index (χ0n) is 13.2. The molecule has 5 heteroatoms. The molecule has 2 fully saturated rings. The number of nitrogens with one attached hydrogen (secondary N) is 1. The number of alkyl halides is 1. The van der Waals surface area contributed by atoms with Gasteiger partial charge in [0.1, 0.15) is 0 Å². The minimum atomic E-state index is -0.696. The normalized spacial score (nSPS) is 32.4. The van der Waals surface area contributed by atoms with Gasteiger partial charge in [0.25, 0.3) is 0 Å². The summed E-state index contributed by atoms with van der Waals surface area (Å²) in [5, 5.41) is 11.9. The predicted molar refractivity (Wildman–Crippen MR) is 90.0 cm³/mol. The van der Waals surface area contributed by atoms with E-state index in [0.717, 1.165) is 57.8 Å². The van der Waals surface area contributed by atoms with Gasteiger partial charge in [-0.05, 0) is 63.7 Å². The Morgan fingerprint density at radius 1 is 1.09 bits per heavy atom. The number of carbonyl (C=O) groups excluding carboxylic acids is 1. The van der Waals surface area contributed by atoms with Crippen LogP contribution in [-0.2, 0) is 9.59 Å². The maximum absolute atomic E-state index is 12.3. The molecule has 2 aliphatic rings. The van der Waals surface area contributed by atoms with Crippen LogP contribution in [0.2, 0.25) is 0 Å². The van der Waals surface area contributed by atoms with E-state index in [9.17, 15) is 9.59 Å². The van der Waals surface area contributed by atoms with Crippen LogP contribution in [0.4, 0.5) is 0 Å². The average molecular weight is 374 g/mol. The van der Waals surface area contributed by atoms with Gasteiger partial charge in [0.2, 0.25) is 5.91 Å². The standard InChI is InChI=1S/C17H28BrNO3/c18-14-5-2-4-13(11-14)17(22)19-15-9-7-12(8-10-15)3-1-6-16(20)21/h12-15H,1-11H2,(H,19,22)(H,20,21). The van der Waals surface area contributed by atoms with Crippen LogP contribution in [0.5, 0.6) is 0 Å². The van der Waals surface area contributed by atoms with E-state index < -0.39 is 5.97 Å². The van der Waals surface area contributed by atoms with Gasteiger partial charge in [0.05, 0.1) is 0 Å². The number of carbonyl (C=O) groups is 2. The summed E-state index contributed by atoms with van der Waals surface area (Å²) in [7, 11) is 0. The molecule has 0 aromatic heterocycles. The summed E-state index contributed by atoms with van der Waals surface area (Å²) in [6.07, 6.45) is 10.7. The SMILES string of the molecule is O=C(O)CCCC1CCC(NC(=O)C2CCCC(Br)C2)CC1. The highest BCUT2D eigenvalue weighted by Crippen LogP contribution is 2.31. The quantitative estimate of drug-likeness (QED) is 0.694. The second kappa shape index (κ2) is 8.90. The van der Waals surface area contributed by atoms with Gasteiger partial charge in [0.15, 0.2) is 0 Å². The Morgan fingerprint density at radius 2 is 1.82 bits per heavy atom. The van der Waals surface area contributed by atoms with Gasteiger partial charge in [-0.25, -0.2) is 0 Å². The van der Waals surface area contributed by atoms with Gasteiger partial charge in [-0.2, -0.15) is 0 Å². The zero-order chi connectivity index (χ0) is 15.9. The number of hydrogen-bond acceptors (Lipinski definition) is 2. The summed E-state index contributed by atoms with van der Waals surface area (Å²) in [6.45, 7) is 0. The lowest BCUT2D eigenvalue weighted by Gasteiger charge is -2.31. The highest BCUT2D eigenvalue weighted by molar-refractivity contribution is 9.09. The van der Waals surface area contributed by atoms with Gasteiger partial charge < -0.3 is 10.4 Å². The molecule has 2 N–H and O–H groups in total. The smallest absolute Gasteiger partial charge is 0.303 e. The topological polar surface area (TPSA) is 66.4 Å². The van der Waals surface area contributed by atoms with Crippen molar-refractivity contribution in [2.45, 2.75) is 81.5 Å². The summed E-state index contributed by atoms with van der Waals surface area (Å²) >= 11 is 3.64. The van der Waals surface area contributed by atoms with E-state index in [1.54, 1.807) is 0 Å². The molecule has 0 aromatic carbocycles. The molecule has 1 amide bonds. The number of aliphatic carboxylic acids is 1. The number of rotatable bonds is 6. The molecular weight excluding hydrogens is 346 g/mol. The van der Waals surface area contributed by atoms with E-state index in [1.165, 1.54) is 6.42 Å². The maximum atomic E-state index is 12.3. The largest absolute Gasteiger partial charge is 0.481 e. The molecule has 4 nitrogen and oxygen atoms in total. The van der Waals surface area contributed by atoms with Crippen molar-refractivity contribution in [3.8, 4) is 0 Å². The fraction of sp³-hybridized carbons (Fsp3) is 0.882. The van der Waals surface area contributed by atoms with Crippen molar-refractivity contribution in [3.05, 3.63) is 0 Å². The van der Waals surface area contributed by atoms with Crippen LogP contribution in [-0.4, -0.2) is 27.9 Å². The minimum absolute atomic E-state index is 0.186. The lowest BCUT2D eigenvalue weighted by atomic mass is 9.82. The molecule has 0 aliphatic heterocycles. The second-order valence-electron chi connectivity index (χ2n) is 6.97. The lowest BCUT2D eigenvalue weighted by Crippen LogP contribution is -2.42. The monoisotopic (exact) mass is 373 g/mol. The van der Waals surface area contributed by atoms with Crippen LogP contribution >= 0.6 is 15.9 Å². The van der Waals surface area contributed by atoms with Crippen LogP contribution < -0.4 is 5.32 Å². The summed E-state index contributed by atoms with van der Waals surface area (Å²) in [4.78, 5) is 23.4. The van der Waals surface area contributed by atoms with Gasteiger partial charge in [-0.1, -0.05) is 22.4 Å². The molecule has 126 valence electrons. The van der Waals surface area contributed by atoms with E-state index >= 15 is 0 Å². The summed E-state index contributed by atoms with van der Waals surface area (Å²) in [6, 6.07) is 0.332. The molecule has 0 bridgehead atoms. The number of carboxylic acid groups (broad SMARTS) is 1. The third-order valence-electron chi connectivity index (χ3n) is 5.18. The van der Waals surface area contributed by atoms with Crippen molar-refractivity contribution < 1.29 is 14.7 Å². The molecule has 2 aliphatic carbocycles. The summed E-state index contributed by atoms with van der Waals surface area (Å²) < 4.78 is 0. The van der Waals surface area contributed by atoms with Crippen molar-refractivity contribution in [3.63, 3.8) is 0 Å². The van der Waals surface area contributed by atoms with E-state index in [0.29, 0.717) is 16.8 Å². The van der Waals surface area contributed by atoms with Gasteiger partial charge >= 0.3 is 5.97 Å². The molecule has 0 saturated heterocycles. The second-order valence-corrected chi connectivity index (χ2v) is 8.27. The summed E-state index contributed by atoms with van der Waals surface area (Å²) in [5.41, 5.74) is 0. The Kier molecular flexibility index (Phi) is 7.19. The molecule has 2 saturated carbocycles. The number of halogens is 1. The van der Waals surface area contributed by atoms with E-state index in [1.807, 2.05) is 0 Å². The maximum Gasteiger partial charge on any atom is 0.303 e. The van der Waals surface area contributed by atoms with Crippen molar-refractivity contribution in [1.29, 1.82) is 0 Å². The highest BCUT2D eigenvalue weighted by Gasteiger charge is 2.28. The van der Waals surface area contributed by atoms with E-state index in [4.69, 9.17) is 5.11 Å². The fourth-order valence-electron chi connectivity index (χ4n) is 3.82. The van der Waals surface area contributed by atoms with Crippen LogP contribution in [0.25, 0.3) is 0 Å². The van der Waals surface area contributed by atoms with Crippen LogP contribution in [0.15, 0.2) is 0 Å². The zero-order valence-corrected chi connectivity index (χ0v) is 14.8. The fourth-order valence-corrected chi connectivity index (χ4v) is 4.60. The third-order valence-corrected chi connectivity index (χ3v) is 6.01. The van der Waals surface area contributed by atoms with Crippen molar-refractivity contribution in [2.24, 2.45) is 11.8 Å². The molecule has 0 spiro atoms. The van der Waals surface area contributed by atoms with Crippen molar-refractivity contribution >= 4 is 27.8 Å². The number of amides is 1. The first-order valence-corrected chi connectivity index (χ1v) is 9.62. The van der Waals surface area contributed by atoms with E-state index in [-0.39, 0.29) is 18.2 Å². The Bertz CT molecular complexity index is 380. The molecule has 2 rings (SSSR count). The molecule has 22 heavy (non-hydrogen) atoms. The number of carboxylic acids is 1. The summed E-state index contributed by atoms with van der Waals surface area (Å²) in [5.74, 6) is 0.387. The minimum Gasteiger partial charge on any atom is -0.481 e. The Hall–Kier alpha value is -0.580. The van der Waals surface area contributed by atoms with Crippen molar-refractivity contribution in [2.75, 3.05) is 0 Å². The van der Waals surface area contributed by atoms with Crippen molar-refractivity contribution in [1.82, 2.24) is 5.32 Å². The van der Waals surface area contributed by atoms with Gasteiger partial charge in [-0.15, -0.1) is 0 Å². The number of hydrogen-bond donors (Lipinski definition) is 2.